The molecule has 2 rings (SSSR count). The second kappa shape index (κ2) is 8.25. The first kappa shape index (κ1) is 20.5. The first-order valence-corrected chi connectivity index (χ1v) is 11.9. The minimum absolute atomic E-state index is 0.0677. The van der Waals surface area contributed by atoms with E-state index in [0.717, 1.165) is 0 Å². The van der Waals surface area contributed by atoms with Crippen molar-refractivity contribution >= 4 is 14.0 Å². The Kier molecular flexibility index (Phi) is 6.27. The standard InChI is InChI=1S/C18H24N2O6Si/c1-11(27(4,5)6)25-17(22)16-12(21)8-7-9-13(16)26-18-19-14(23-2)10-15(20-18)24-3/h7-11,21H,1-6H3. The molecule has 8 nitrogen and oxygen atoms in total. The molecule has 1 N–H and O–H groups in total. The number of ether oxygens (including phenoxy) is 4. The van der Waals surface area contributed by atoms with Gasteiger partial charge >= 0.3 is 12.0 Å². The van der Waals surface area contributed by atoms with Crippen LogP contribution < -0.4 is 14.2 Å². The summed E-state index contributed by atoms with van der Waals surface area (Å²) in [5.74, 6) is -0.400. The van der Waals surface area contributed by atoms with Crippen LogP contribution >= 0.6 is 0 Å². The number of carbonyl (C=O) groups is 1. The van der Waals surface area contributed by atoms with Crippen LogP contribution in [0.1, 0.15) is 17.3 Å². The maximum atomic E-state index is 12.6. The van der Waals surface area contributed by atoms with Crippen molar-refractivity contribution in [1.82, 2.24) is 9.97 Å². The highest BCUT2D eigenvalue weighted by atomic mass is 28.3. The maximum absolute atomic E-state index is 12.6. The Bertz CT molecular complexity index is 800. The number of hydrogen-bond acceptors (Lipinski definition) is 8. The van der Waals surface area contributed by atoms with E-state index < -0.39 is 14.0 Å². The Morgan fingerprint density at radius 2 is 1.70 bits per heavy atom. The summed E-state index contributed by atoms with van der Waals surface area (Å²) in [7, 11) is 1.18. The van der Waals surface area contributed by atoms with Crippen molar-refractivity contribution in [3.05, 3.63) is 29.8 Å². The minimum atomic E-state index is -1.71. The van der Waals surface area contributed by atoms with Gasteiger partial charge in [0.1, 0.15) is 17.1 Å². The van der Waals surface area contributed by atoms with Crippen molar-refractivity contribution in [3.63, 3.8) is 0 Å². The van der Waals surface area contributed by atoms with Gasteiger partial charge in [0, 0.05) is 0 Å². The molecule has 1 aromatic carbocycles. The predicted molar refractivity (Wildman–Crippen MR) is 102 cm³/mol. The molecule has 0 aliphatic carbocycles. The number of aromatic nitrogens is 2. The van der Waals surface area contributed by atoms with E-state index in [1.807, 2.05) is 6.92 Å². The van der Waals surface area contributed by atoms with Gasteiger partial charge in [-0.1, -0.05) is 25.7 Å². The Morgan fingerprint density at radius 1 is 1.11 bits per heavy atom. The number of benzene rings is 1. The first-order chi connectivity index (χ1) is 12.7. The van der Waals surface area contributed by atoms with Crippen molar-refractivity contribution in [2.75, 3.05) is 14.2 Å². The van der Waals surface area contributed by atoms with Gasteiger partial charge in [0.2, 0.25) is 11.8 Å². The van der Waals surface area contributed by atoms with Gasteiger partial charge in [0.25, 0.3) is 0 Å². The third-order valence-electron chi connectivity index (χ3n) is 3.99. The second-order valence-electron chi connectivity index (χ2n) is 6.90. The lowest BCUT2D eigenvalue weighted by atomic mass is 10.2. The molecule has 0 saturated carbocycles. The van der Waals surface area contributed by atoms with Crippen LogP contribution in [0.2, 0.25) is 19.6 Å². The zero-order valence-electron chi connectivity index (χ0n) is 16.3. The highest BCUT2D eigenvalue weighted by Crippen LogP contribution is 2.32. The summed E-state index contributed by atoms with van der Waals surface area (Å²) in [5.41, 5.74) is -0.335. The molecule has 1 aromatic heterocycles. The number of phenols is 1. The molecule has 27 heavy (non-hydrogen) atoms. The van der Waals surface area contributed by atoms with E-state index in [1.165, 1.54) is 32.4 Å². The maximum Gasteiger partial charge on any atom is 0.345 e. The molecule has 0 spiro atoms. The molecule has 0 radical (unpaired) electrons. The summed E-state index contributed by atoms with van der Waals surface area (Å²) in [5, 5.41) is 10.2. The average Bonchev–Trinajstić information content (AvgIpc) is 2.60. The summed E-state index contributed by atoms with van der Waals surface area (Å²) < 4.78 is 21.3. The van der Waals surface area contributed by atoms with Crippen LogP contribution in [0.5, 0.6) is 29.3 Å². The van der Waals surface area contributed by atoms with E-state index in [0.29, 0.717) is 0 Å². The SMILES string of the molecule is COc1cc(OC)nc(Oc2cccc(O)c2C(=O)OC(C)[Si](C)(C)C)n1. The average molecular weight is 392 g/mol. The lowest BCUT2D eigenvalue weighted by Gasteiger charge is -2.25. The van der Waals surface area contributed by atoms with Crippen molar-refractivity contribution in [2.45, 2.75) is 32.3 Å². The van der Waals surface area contributed by atoms with Gasteiger partial charge in [0.05, 0.1) is 34.1 Å². The van der Waals surface area contributed by atoms with Gasteiger partial charge < -0.3 is 24.1 Å². The molecule has 1 unspecified atom stereocenters. The molecule has 0 fully saturated rings. The molecular weight excluding hydrogens is 368 g/mol. The van der Waals surface area contributed by atoms with Gasteiger partial charge in [-0.15, -0.1) is 0 Å². The normalized spacial score (nSPS) is 12.2. The zero-order valence-corrected chi connectivity index (χ0v) is 17.3. The predicted octanol–water partition coefficient (Wildman–Crippen LogP) is 3.41. The molecule has 0 amide bonds. The molecule has 0 saturated heterocycles. The molecular formula is C18H24N2O6Si. The molecule has 1 heterocycles. The summed E-state index contributed by atoms with van der Waals surface area (Å²) in [6.07, 6.45) is 0. The number of phenolic OH excluding ortho intramolecular Hbond substituents is 1. The second-order valence-corrected chi connectivity index (χ2v) is 12.4. The smallest absolute Gasteiger partial charge is 0.345 e. The molecule has 2 aromatic rings. The molecule has 9 heteroatoms. The summed E-state index contributed by atoms with van der Waals surface area (Å²) in [4.78, 5) is 20.8. The Hall–Kier alpha value is -2.81. The van der Waals surface area contributed by atoms with E-state index in [1.54, 1.807) is 6.07 Å². The number of nitrogens with zero attached hydrogens (tertiary/aromatic N) is 2. The minimum Gasteiger partial charge on any atom is -0.507 e. The number of hydrogen-bond donors (Lipinski definition) is 1. The molecule has 0 aliphatic heterocycles. The zero-order chi connectivity index (χ0) is 20.2. The number of esters is 1. The first-order valence-electron chi connectivity index (χ1n) is 8.33. The van der Waals surface area contributed by atoms with Crippen LogP contribution in [0, 0.1) is 0 Å². The van der Waals surface area contributed by atoms with Gasteiger partial charge in [-0.05, 0) is 19.1 Å². The van der Waals surface area contributed by atoms with Crippen LogP contribution in [0.25, 0.3) is 0 Å². The molecule has 1 atom stereocenters. The molecule has 0 aliphatic rings. The monoisotopic (exact) mass is 392 g/mol. The fourth-order valence-corrected chi connectivity index (χ4v) is 2.40. The third-order valence-corrected chi connectivity index (χ3v) is 6.55. The number of methoxy groups -OCH3 is 2. The van der Waals surface area contributed by atoms with Gasteiger partial charge in [-0.25, -0.2) is 4.79 Å². The highest BCUT2D eigenvalue weighted by Gasteiger charge is 2.29. The largest absolute Gasteiger partial charge is 0.507 e. The van der Waals surface area contributed by atoms with Crippen LogP contribution in [0.3, 0.4) is 0 Å². The van der Waals surface area contributed by atoms with E-state index >= 15 is 0 Å². The van der Waals surface area contributed by atoms with E-state index in [-0.39, 0.29) is 40.6 Å². The van der Waals surface area contributed by atoms with E-state index in [9.17, 15) is 9.90 Å². The highest BCUT2D eigenvalue weighted by molar-refractivity contribution is 6.77. The fourth-order valence-electron chi connectivity index (χ4n) is 1.94. The van der Waals surface area contributed by atoms with Crippen molar-refractivity contribution in [3.8, 4) is 29.3 Å². The van der Waals surface area contributed by atoms with E-state index in [4.69, 9.17) is 18.9 Å². The number of carbonyl (C=O) groups excluding carboxylic acids is 1. The van der Waals surface area contributed by atoms with Gasteiger partial charge in [0.15, 0.2) is 0 Å². The Balaban J connectivity index is 2.37. The lowest BCUT2D eigenvalue weighted by molar-refractivity contribution is 0.0449. The summed E-state index contributed by atoms with van der Waals surface area (Å²) in [6, 6.07) is 5.84. The van der Waals surface area contributed by atoms with E-state index in [2.05, 4.69) is 29.6 Å². The number of rotatable bonds is 7. The molecule has 0 bridgehead atoms. The summed E-state index contributed by atoms with van der Waals surface area (Å²) >= 11 is 0. The van der Waals surface area contributed by atoms with Crippen LogP contribution in [0.15, 0.2) is 24.3 Å². The Labute approximate surface area is 159 Å². The fraction of sp³-hybridized carbons (Fsp3) is 0.389. The van der Waals surface area contributed by atoms with Crippen molar-refractivity contribution in [1.29, 1.82) is 0 Å². The van der Waals surface area contributed by atoms with Crippen LogP contribution in [-0.2, 0) is 4.74 Å². The van der Waals surface area contributed by atoms with Gasteiger partial charge in [-0.2, -0.15) is 9.97 Å². The number of aromatic hydroxyl groups is 1. The molecule has 146 valence electrons. The third kappa shape index (κ3) is 5.10. The van der Waals surface area contributed by atoms with Crippen LogP contribution in [-0.4, -0.2) is 49.1 Å². The van der Waals surface area contributed by atoms with Gasteiger partial charge in [-0.3, -0.25) is 0 Å². The summed E-state index contributed by atoms with van der Waals surface area (Å²) in [6.45, 7) is 8.11. The van der Waals surface area contributed by atoms with Crippen molar-refractivity contribution in [2.24, 2.45) is 0 Å². The topological polar surface area (TPSA) is 100 Å². The van der Waals surface area contributed by atoms with Crippen LogP contribution in [0.4, 0.5) is 0 Å². The van der Waals surface area contributed by atoms with Crippen molar-refractivity contribution < 1.29 is 28.8 Å². The quantitative estimate of drug-likeness (QED) is 0.565. The lowest BCUT2D eigenvalue weighted by Crippen LogP contribution is -2.39. The Morgan fingerprint density at radius 3 is 2.22 bits per heavy atom.